The second kappa shape index (κ2) is 4.06. The van der Waals surface area contributed by atoms with E-state index in [1.54, 1.807) is 11.3 Å². The lowest BCUT2D eigenvalue weighted by Gasteiger charge is -1.99. The zero-order chi connectivity index (χ0) is 11.0. The number of hydrogen-bond acceptors (Lipinski definition) is 3. The normalized spacial score (nSPS) is 15.6. The second-order valence-corrected chi connectivity index (χ2v) is 5.63. The maximum absolute atomic E-state index is 4.64. The molecule has 1 N–H and O–H groups in total. The molecular formula is C13H16N2S. The van der Waals surface area contributed by atoms with Crippen LogP contribution in [-0.4, -0.2) is 11.5 Å². The van der Waals surface area contributed by atoms with E-state index in [-0.39, 0.29) is 0 Å². The van der Waals surface area contributed by atoms with E-state index < -0.39 is 0 Å². The third-order valence-electron chi connectivity index (χ3n) is 3.15. The number of hydrogen-bond donors (Lipinski definition) is 1. The van der Waals surface area contributed by atoms with Crippen molar-refractivity contribution in [3.05, 3.63) is 23.8 Å². The molecule has 2 aromatic rings. The Bertz CT molecular complexity index is 500. The Kier molecular flexibility index (Phi) is 2.56. The van der Waals surface area contributed by atoms with E-state index in [2.05, 4.69) is 35.4 Å². The van der Waals surface area contributed by atoms with Crippen LogP contribution in [0.15, 0.2) is 18.2 Å². The molecule has 84 valence electrons. The van der Waals surface area contributed by atoms with Gasteiger partial charge in [-0.25, -0.2) is 4.98 Å². The van der Waals surface area contributed by atoms with Gasteiger partial charge in [-0.1, -0.05) is 36.3 Å². The monoisotopic (exact) mass is 232 g/mol. The van der Waals surface area contributed by atoms with E-state index in [0.717, 1.165) is 23.1 Å². The van der Waals surface area contributed by atoms with Gasteiger partial charge in [-0.15, -0.1) is 0 Å². The summed E-state index contributed by atoms with van der Waals surface area (Å²) in [6.07, 6.45) is 4.16. The summed E-state index contributed by atoms with van der Waals surface area (Å²) < 4.78 is 1.29. The van der Waals surface area contributed by atoms with Gasteiger partial charge in [0.05, 0.1) is 10.2 Å². The number of rotatable bonds is 4. The van der Waals surface area contributed by atoms with Gasteiger partial charge in [0, 0.05) is 6.54 Å². The van der Waals surface area contributed by atoms with Crippen LogP contribution in [0.25, 0.3) is 10.2 Å². The summed E-state index contributed by atoms with van der Waals surface area (Å²) >= 11 is 1.76. The molecule has 0 aliphatic heterocycles. The van der Waals surface area contributed by atoms with Crippen molar-refractivity contribution >= 4 is 26.7 Å². The molecule has 3 rings (SSSR count). The van der Waals surface area contributed by atoms with Crippen molar-refractivity contribution < 1.29 is 0 Å². The molecule has 0 radical (unpaired) electrons. The number of nitrogens with one attached hydrogen (secondary N) is 1. The predicted octanol–water partition coefficient (Wildman–Crippen LogP) is 3.82. The van der Waals surface area contributed by atoms with E-state index in [4.69, 9.17) is 0 Å². The number of benzene rings is 1. The minimum Gasteiger partial charge on any atom is -0.361 e. The topological polar surface area (TPSA) is 24.9 Å². The Morgan fingerprint density at radius 3 is 3.06 bits per heavy atom. The van der Waals surface area contributed by atoms with Crippen LogP contribution < -0.4 is 5.32 Å². The Morgan fingerprint density at radius 2 is 2.31 bits per heavy atom. The Hall–Kier alpha value is -1.09. The van der Waals surface area contributed by atoms with Gasteiger partial charge in [-0.2, -0.15) is 0 Å². The third-order valence-corrected chi connectivity index (χ3v) is 4.12. The first kappa shape index (κ1) is 10.1. The predicted molar refractivity (Wildman–Crippen MR) is 70.2 cm³/mol. The summed E-state index contributed by atoms with van der Waals surface area (Å²) in [6.45, 7) is 3.19. The molecule has 1 aliphatic carbocycles. The van der Waals surface area contributed by atoms with Gasteiger partial charge < -0.3 is 5.32 Å². The highest BCUT2D eigenvalue weighted by atomic mass is 32.1. The van der Waals surface area contributed by atoms with E-state index in [0.29, 0.717) is 0 Å². The summed E-state index contributed by atoms with van der Waals surface area (Å²) in [5.41, 5.74) is 2.42. The first-order valence-electron chi connectivity index (χ1n) is 5.93. The molecular weight excluding hydrogens is 216 g/mol. The molecule has 0 atom stereocenters. The number of aryl methyl sites for hydroxylation is 1. The molecule has 1 aromatic carbocycles. The van der Waals surface area contributed by atoms with Crippen molar-refractivity contribution in [1.82, 2.24) is 4.98 Å². The van der Waals surface area contributed by atoms with Crippen LogP contribution in [-0.2, 0) is 0 Å². The van der Waals surface area contributed by atoms with E-state index in [1.165, 1.54) is 29.5 Å². The van der Waals surface area contributed by atoms with Crippen LogP contribution in [0.1, 0.15) is 24.8 Å². The van der Waals surface area contributed by atoms with Gasteiger partial charge in [0.2, 0.25) is 0 Å². The standard InChI is InChI=1S/C13H16N2S/c1-9-3-2-4-11-12(9)15-13(16-11)14-8-7-10-5-6-10/h2-4,10H,5-8H2,1H3,(H,14,15). The van der Waals surface area contributed by atoms with Crippen LogP contribution in [0.4, 0.5) is 5.13 Å². The quantitative estimate of drug-likeness (QED) is 0.867. The first-order chi connectivity index (χ1) is 7.83. The number of nitrogens with zero attached hydrogens (tertiary/aromatic N) is 1. The number of fused-ring (bicyclic) bond motifs is 1. The van der Waals surface area contributed by atoms with E-state index in [1.807, 2.05) is 0 Å². The maximum atomic E-state index is 4.64. The van der Waals surface area contributed by atoms with E-state index in [9.17, 15) is 0 Å². The Balaban J connectivity index is 1.73. The van der Waals surface area contributed by atoms with Crippen LogP contribution >= 0.6 is 11.3 Å². The summed E-state index contributed by atoms with van der Waals surface area (Å²) in [5, 5.41) is 4.51. The minimum atomic E-state index is 0.989. The molecule has 2 nitrogen and oxygen atoms in total. The van der Waals surface area contributed by atoms with Crippen molar-refractivity contribution in [1.29, 1.82) is 0 Å². The fourth-order valence-corrected chi connectivity index (χ4v) is 2.92. The number of anilines is 1. The Labute approximate surface area is 99.7 Å². The molecule has 0 spiro atoms. The summed E-state index contributed by atoms with van der Waals surface area (Å²) in [6, 6.07) is 6.37. The summed E-state index contributed by atoms with van der Waals surface area (Å²) in [7, 11) is 0. The minimum absolute atomic E-state index is 0.989. The van der Waals surface area contributed by atoms with Crippen LogP contribution in [0, 0.1) is 12.8 Å². The lowest BCUT2D eigenvalue weighted by atomic mass is 10.2. The average Bonchev–Trinajstić information content (AvgIpc) is 2.98. The molecule has 1 fully saturated rings. The maximum Gasteiger partial charge on any atom is 0.183 e. The highest BCUT2D eigenvalue weighted by Crippen LogP contribution is 2.33. The lowest BCUT2D eigenvalue weighted by Crippen LogP contribution is -2.01. The van der Waals surface area contributed by atoms with Crippen LogP contribution in [0.2, 0.25) is 0 Å². The van der Waals surface area contributed by atoms with Crippen molar-refractivity contribution in [3.63, 3.8) is 0 Å². The molecule has 1 heterocycles. The fraction of sp³-hybridized carbons (Fsp3) is 0.462. The van der Waals surface area contributed by atoms with Gasteiger partial charge in [0.1, 0.15) is 0 Å². The van der Waals surface area contributed by atoms with Gasteiger partial charge >= 0.3 is 0 Å². The zero-order valence-corrected chi connectivity index (χ0v) is 10.3. The molecule has 0 amide bonds. The highest BCUT2D eigenvalue weighted by Gasteiger charge is 2.20. The molecule has 1 aliphatic rings. The van der Waals surface area contributed by atoms with Gasteiger partial charge in [0.15, 0.2) is 5.13 Å². The van der Waals surface area contributed by atoms with E-state index >= 15 is 0 Å². The highest BCUT2D eigenvalue weighted by molar-refractivity contribution is 7.22. The number of thiazole rings is 1. The van der Waals surface area contributed by atoms with Gasteiger partial charge in [-0.05, 0) is 30.9 Å². The molecule has 3 heteroatoms. The zero-order valence-electron chi connectivity index (χ0n) is 9.49. The van der Waals surface area contributed by atoms with Crippen molar-refractivity contribution in [3.8, 4) is 0 Å². The smallest absolute Gasteiger partial charge is 0.183 e. The van der Waals surface area contributed by atoms with Crippen molar-refractivity contribution in [2.24, 2.45) is 5.92 Å². The molecule has 1 aromatic heterocycles. The van der Waals surface area contributed by atoms with Gasteiger partial charge in [-0.3, -0.25) is 0 Å². The molecule has 16 heavy (non-hydrogen) atoms. The fourth-order valence-electron chi connectivity index (χ4n) is 1.95. The number of aromatic nitrogens is 1. The molecule has 0 saturated heterocycles. The van der Waals surface area contributed by atoms with Crippen molar-refractivity contribution in [2.75, 3.05) is 11.9 Å². The molecule has 0 bridgehead atoms. The third kappa shape index (κ3) is 2.05. The van der Waals surface area contributed by atoms with Gasteiger partial charge in [0.25, 0.3) is 0 Å². The number of para-hydroxylation sites is 1. The molecule has 0 unspecified atom stereocenters. The van der Waals surface area contributed by atoms with Crippen LogP contribution in [0.5, 0.6) is 0 Å². The largest absolute Gasteiger partial charge is 0.361 e. The van der Waals surface area contributed by atoms with Crippen LogP contribution in [0.3, 0.4) is 0 Å². The Morgan fingerprint density at radius 1 is 1.44 bits per heavy atom. The first-order valence-corrected chi connectivity index (χ1v) is 6.74. The summed E-state index contributed by atoms with van der Waals surface area (Å²) in [5.74, 6) is 0.989. The lowest BCUT2D eigenvalue weighted by molar-refractivity contribution is 0.760. The average molecular weight is 232 g/mol. The molecule has 1 saturated carbocycles. The SMILES string of the molecule is Cc1cccc2sc(NCCC3CC3)nc12. The van der Waals surface area contributed by atoms with Crippen molar-refractivity contribution in [2.45, 2.75) is 26.2 Å². The summed E-state index contributed by atoms with van der Waals surface area (Å²) in [4.78, 5) is 4.64. The second-order valence-electron chi connectivity index (χ2n) is 4.60.